The molecule has 1 fully saturated rings. The summed E-state index contributed by atoms with van der Waals surface area (Å²) in [6, 6.07) is 5.83. The molecule has 0 bridgehead atoms. The van der Waals surface area contributed by atoms with Gasteiger partial charge in [-0.25, -0.2) is 0 Å². The zero-order chi connectivity index (χ0) is 13.0. The van der Waals surface area contributed by atoms with Crippen LogP contribution in [0.4, 0.5) is 0 Å². The molecule has 1 amide bonds. The lowest BCUT2D eigenvalue weighted by molar-refractivity contribution is 0.0952. The highest BCUT2D eigenvalue weighted by Gasteiger charge is 2.15. The van der Waals surface area contributed by atoms with Crippen molar-refractivity contribution in [2.75, 3.05) is 13.1 Å². The second-order valence-electron chi connectivity index (χ2n) is 4.46. The van der Waals surface area contributed by atoms with Crippen LogP contribution in [0.5, 0.6) is 0 Å². The second-order valence-corrected chi connectivity index (χ2v) is 5.78. The van der Waals surface area contributed by atoms with Crippen LogP contribution in [0.25, 0.3) is 0 Å². The zero-order valence-electron chi connectivity index (χ0n) is 10.4. The molecule has 0 aliphatic carbocycles. The van der Waals surface area contributed by atoms with E-state index in [1.165, 1.54) is 12.8 Å². The molecule has 3 nitrogen and oxygen atoms in total. The van der Waals surface area contributed by atoms with Crippen LogP contribution in [0, 0.1) is 0 Å². The van der Waals surface area contributed by atoms with Gasteiger partial charge in [-0.15, -0.1) is 12.4 Å². The summed E-state index contributed by atoms with van der Waals surface area (Å²) in [7, 11) is 0. The molecular weight excluding hydrogens is 351 g/mol. The second kappa shape index (κ2) is 8.10. The maximum absolute atomic E-state index is 11.9. The summed E-state index contributed by atoms with van der Waals surface area (Å²) < 4.78 is 0.874. The summed E-state index contributed by atoms with van der Waals surface area (Å²) in [5.41, 5.74) is 0.527. The van der Waals surface area contributed by atoms with Crippen molar-refractivity contribution in [1.29, 1.82) is 0 Å². The van der Waals surface area contributed by atoms with Gasteiger partial charge in [0.25, 0.3) is 5.91 Å². The first-order valence-electron chi connectivity index (χ1n) is 6.13. The Morgan fingerprint density at radius 3 is 2.95 bits per heavy atom. The average Bonchev–Trinajstić information content (AvgIpc) is 2.81. The van der Waals surface area contributed by atoms with Gasteiger partial charge in [0.15, 0.2) is 0 Å². The summed E-state index contributed by atoms with van der Waals surface area (Å²) >= 11 is 9.35. The Kier molecular flexibility index (Phi) is 7.15. The van der Waals surface area contributed by atoms with Gasteiger partial charge in [0.05, 0.1) is 10.6 Å². The average molecular weight is 368 g/mol. The van der Waals surface area contributed by atoms with Crippen LogP contribution < -0.4 is 10.6 Å². The third-order valence-corrected chi connectivity index (χ3v) is 3.92. The SMILES string of the molecule is Cl.O=C(NCC[C@H]1CCCN1)c1ccc(Br)cc1Cl. The molecule has 0 spiro atoms. The monoisotopic (exact) mass is 366 g/mol. The van der Waals surface area contributed by atoms with E-state index < -0.39 is 0 Å². The smallest absolute Gasteiger partial charge is 0.252 e. The van der Waals surface area contributed by atoms with E-state index in [1.807, 2.05) is 6.07 Å². The van der Waals surface area contributed by atoms with Gasteiger partial charge < -0.3 is 10.6 Å². The molecule has 2 N–H and O–H groups in total. The molecule has 1 aliphatic heterocycles. The summed E-state index contributed by atoms with van der Waals surface area (Å²) in [5, 5.41) is 6.79. The van der Waals surface area contributed by atoms with E-state index in [0.29, 0.717) is 23.2 Å². The van der Waals surface area contributed by atoms with Crippen LogP contribution in [0.2, 0.25) is 5.02 Å². The maximum atomic E-state index is 11.9. The largest absolute Gasteiger partial charge is 0.352 e. The highest BCUT2D eigenvalue weighted by atomic mass is 79.9. The Hall–Kier alpha value is -0.290. The number of carbonyl (C=O) groups is 1. The van der Waals surface area contributed by atoms with E-state index in [9.17, 15) is 4.79 Å². The lowest BCUT2D eigenvalue weighted by Gasteiger charge is -2.11. The Morgan fingerprint density at radius 1 is 1.53 bits per heavy atom. The van der Waals surface area contributed by atoms with Crippen LogP contribution in [0.1, 0.15) is 29.6 Å². The molecule has 1 saturated heterocycles. The lowest BCUT2D eigenvalue weighted by Crippen LogP contribution is -2.30. The van der Waals surface area contributed by atoms with E-state index in [1.54, 1.807) is 12.1 Å². The molecule has 1 aromatic rings. The highest BCUT2D eigenvalue weighted by Crippen LogP contribution is 2.21. The Morgan fingerprint density at radius 2 is 2.32 bits per heavy atom. The summed E-state index contributed by atoms with van der Waals surface area (Å²) in [4.78, 5) is 11.9. The van der Waals surface area contributed by atoms with Gasteiger partial charge in [0.1, 0.15) is 0 Å². The zero-order valence-corrected chi connectivity index (χ0v) is 13.6. The molecule has 1 heterocycles. The molecule has 1 atom stereocenters. The van der Waals surface area contributed by atoms with Gasteiger partial charge in [0, 0.05) is 17.1 Å². The number of benzene rings is 1. The van der Waals surface area contributed by atoms with Crippen LogP contribution in [-0.2, 0) is 0 Å². The van der Waals surface area contributed by atoms with Crippen molar-refractivity contribution in [3.63, 3.8) is 0 Å². The number of hydrogen-bond acceptors (Lipinski definition) is 2. The normalized spacial score (nSPS) is 17.9. The number of halogens is 3. The van der Waals surface area contributed by atoms with Crippen molar-refractivity contribution in [1.82, 2.24) is 10.6 Å². The third kappa shape index (κ3) is 4.95. The van der Waals surface area contributed by atoms with E-state index in [2.05, 4.69) is 26.6 Å². The van der Waals surface area contributed by atoms with E-state index in [4.69, 9.17) is 11.6 Å². The van der Waals surface area contributed by atoms with Crippen molar-refractivity contribution in [3.8, 4) is 0 Å². The van der Waals surface area contributed by atoms with Crippen molar-refractivity contribution >= 4 is 45.8 Å². The van der Waals surface area contributed by atoms with Crippen molar-refractivity contribution in [2.24, 2.45) is 0 Å². The van der Waals surface area contributed by atoms with Crippen LogP contribution in [0.3, 0.4) is 0 Å². The maximum Gasteiger partial charge on any atom is 0.252 e. The van der Waals surface area contributed by atoms with Gasteiger partial charge in [-0.3, -0.25) is 4.79 Å². The van der Waals surface area contributed by atoms with Gasteiger partial charge in [-0.05, 0) is 44.0 Å². The molecule has 6 heteroatoms. The highest BCUT2D eigenvalue weighted by molar-refractivity contribution is 9.10. The molecule has 0 unspecified atom stereocenters. The van der Waals surface area contributed by atoms with E-state index >= 15 is 0 Å². The fraction of sp³-hybridized carbons (Fsp3) is 0.462. The van der Waals surface area contributed by atoms with Gasteiger partial charge in [-0.1, -0.05) is 27.5 Å². The van der Waals surface area contributed by atoms with Crippen molar-refractivity contribution in [3.05, 3.63) is 33.3 Å². The van der Waals surface area contributed by atoms with Gasteiger partial charge in [0.2, 0.25) is 0 Å². The van der Waals surface area contributed by atoms with Crippen molar-refractivity contribution < 1.29 is 4.79 Å². The minimum atomic E-state index is -0.106. The summed E-state index contributed by atoms with van der Waals surface area (Å²) in [6.07, 6.45) is 3.41. The quantitative estimate of drug-likeness (QED) is 0.856. The molecule has 0 radical (unpaired) electrons. The van der Waals surface area contributed by atoms with Crippen LogP contribution in [-0.4, -0.2) is 25.0 Å². The molecule has 1 aliphatic rings. The van der Waals surface area contributed by atoms with Crippen molar-refractivity contribution in [2.45, 2.75) is 25.3 Å². The van der Waals surface area contributed by atoms with Crippen LogP contribution >= 0.6 is 39.9 Å². The standard InChI is InChI=1S/C13H16BrClN2O.ClH/c14-9-3-4-11(12(15)8-9)13(18)17-7-5-10-2-1-6-16-10;/h3-4,8,10,16H,1-2,5-7H2,(H,17,18);1H/t10-;/m1./s1. The summed E-state index contributed by atoms with van der Waals surface area (Å²) in [6.45, 7) is 1.78. The summed E-state index contributed by atoms with van der Waals surface area (Å²) in [5.74, 6) is -0.106. The topological polar surface area (TPSA) is 41.1 Å². The molecule has 2 rings (SSSR count). The predicted molar refractivity (Wildman–Crippen MR) is 84.4 cm³/mol. The fourth-order valence-corrected chi connectivity index (χ4v) is 2.89. The molecule has 0 saturated carbocycles. The Balaban J connectivity index is 0.00000180. The lowest BCUT2D eigenvalue weighted by atomic mass is 10.1. The first-order valence-corrected chi connectivity index (χ1v) is 7.30. The Labute approximate surface area is 133 Å². The minimum absolute atomic E-state index is 0. The number of nitrogens with one attached hydrogen (secondary N) is 2. The molecular formula is C13H17BrCl2N2O. The molecule has 19 heavy (non-hydrogen) atoms. The fourth-order valence-electron chi connectivity index (χ4n) is 2.13. The predicted octanol–water partition coefficient (Wildman–Crippen LogP) is 3.40. The third-order valence-electron chi connectivity index (χ3n) is 3.12. The van der Waals surface area contributed by atoms with Crippen LogP contribution in [0.15, 0.2) is 22.7 Å². The Bertz CT molecular complexity index is 437. The number of rotatable bonds is 4. The van der Waals surface area contributed by atoms with E-state index in [0.717, 1.165) is 17.4 Å². The van der Waals surface area contributed by atoms with Gasteiger partial charge >= 0.3 is 0 Å². The molecule has 1 aromatic carbocycles. The minimum Gasteiger partial charge on any atom is -0.352 e. The number of carbonyl (C=O) groups excluding carboxylic acids is 1. The number of hydrogen-bond donors (Lipinski definition) is 2. The first-order chi connectivity index (χ1) is 8.66. The molecule has 106 valence electrons. The first kappa shape index (κ1) is 16.8. The van der Waals surface area contributed by atoms with E-state index in [-0.39, 0.29) is 18.3 Å². The molecule has 0 aromatic heterocycles. The number of amides is 1. The van der Waals surface area contributed by atoms with Gasteiger partial charge in [-0.2, -0.15) is 0 Å².